The summed E-state index contributed by atoms with van der Waals surface area (Å²) in [6.45, 7) is 1.83. The Morgan fingerprint density at radius 2 is 1.60 bits per heavy atom. The predicted octanol–water partition coefficient (Wildman–Crippen LogP) is 8.71. The summed E-state index contributed by atoms with van der Waals surface area (Å²) in [7, 11) is 0. The van der Waals surface area contributed by atoms with Crippen molar-refractivity contribution in [2.75, 3.05) is 5.32 Å². The smallest absolute Gasteiger partial charge is 0.412 e. The molecule has 1 aliphatic carbocycles. The summed E-state index contributed by atoms with van der Waals surface area (Å²) in [6, 6.07) is 27.1. The number of anilines is 1. The number of halogens is 1. The van der Waals surface area contributed by atoms with E-state index in [-0.39, 0.29) is 0 Å². The molecule has 0 bridgehead atoms. The second-order valence-electron chi connectivity index (χ2n) is 9.94. The van der Waals surface area contributed by atoms with Crippen LogP contribution in [0.15, 0.2) is 91.1 Å². The molecule has 0 saturated heterocycles. The maximum atomic E-state index is 13.0. The second-order valence-corrected chi connectivity index (χ2v) is 11.4. The molecule has 0 unspecified atom stereocenters. The zero-order valence-electron chi connectivity index (χ0n) is 21.6. The Balaban J connectivity index is 1.27. The minimum Gasteiger partial charge on any atom is -0.481 e. The average molecular weight is 569 g/mol. The molecule has 40 heavy (non-hydrogen) atoms. The number of hydrogen-bond acceptors (Lipinski definition) is 5. The van der Waals surface area contributed by atoms with E-state index < -0.39 is 23.6 Å². The normalized spacial score (nSPS) is 14.4. The highest BCUT2D eigenvalue weighted by molar-refractivity contribution is 7.22. The molecule has 2 heterocycles. The lowest BCUT2D eigenvalue weighted by Gasteiger charge is -2.15. The summed E-state index contributed by atoms with van der Waals surface area (Å²) < 4.78 is 5.67. The summed E-state index contributed by atoms with van der Waals surface area (Å²) in [5.74, 6) is -0.758. The Morgan fingerprint density at radius 1 is 0.975 bits per heavy atom. The largest absolute Gasteiger partial charge is 0.481 e. The molecule has 5 aromatic rings. The first-order chi connectivity index (χ1) is 19.3. The van der Waals surface area contributed by atoms with Gasteiger partial charge in [-0.25, -0.2) is 9.78 Å². The number of rotatable bonds is 7. The van der Waals surface area contributed by atoms with Crippen molar-refractivity contribution in [1.29, 1.82) is 0 Å². The number of ether oxygens (including phenoxy) is 1. The predicted molar refractivity (Wildman–Crippen MR) is 159 cm³/mol. The van der Waals surface area contributed by atoms with Crippen LogP contribution in [0, 0.1) is 0 Å². The molecule has 1 atom stereocenters. The van der Waals surface area contributed by atoms with E-state index in [1.165, 1.54) is 11.3 Å². The molecule has 8 heteroatoms. The molecular formula is C32H25ClN2O4S. The summed E-state index contributed by atoms with van der Waals surface area (Å²) in [4.78, 5) is 30.7. The molecule has 3 aromatic carbocycles. The van der Waals surface area contributed by atoms with Crippen LogP contribution in [-0.2, 0) is 14.9 Å². The Kier molecular flexibility index (Phi) is 6.78. The number of nitrogens with one attached hydrogen (secondary N) is 1. The fraction of sp³-hybridized carbons (Fsp3) is 0.156. The number of carboxylic acid groups (broad SMARTS) is 1. The highest BCUT2D eigenvalue weighted by Gasteiger charge is 2.51. The van der Waals surface area contributed by atoms with E-state index in [2.05, 4.69) is 10.3 Å². The van der Waals surface area contributed by atoms with Crippen LogP contribution in [0.25, 0.3) is 31.8 Å². The SMILES string of the molecule is C[C@@H](OC(=O)Nc1c(-c2ccc(-c3ccc(C4(C(=O)O)CC4)cc3)cc2)sc2ncc(Cl)cc12)c1ccccc1. The van der Waals surface area contributed by atoms with Crippen LogP contribution in [0.3, 0.4) is 0 Å². The van der Waals surface area contributed by atoms with Crippen LogP contribution in [0.4, 0.5) is 10.5 Å². The first-order valence-corrected chi connectivity index (χ1v) is 14.1. The van der Waals surface area contributed by atoms with Crippen molar-refractivity contribution in [3.63, 3.8) is 0 Å². The van der Waals surface area contributed by atoms with Crippen molar-refractivity contribution in [2.45, 2.75) is 31.3 Å². The molecule has 2 N–H and O–H groups in total. The van der Waals surface area contributed by atoms with Crippen molar-refractivity contribution in [3.05, 3.63) is 107 Å². The summed E-state index contributed by atoms with van der Waals surface area (Å²) in [6.07, 6.45) is 1.96. The van der Waals surface area contributed by atoms with Gasteiger partial charge in [0.25, 0.3) is 0 Å². The molecule has 6 nitrogen and oxygen atoms in total. The Labute approximate surface area is 240 Å². The summed E-state index contributed by atoms with van der Waals surface area (Å²) in [5.41, 5.74) is 4.54. The zero-order valence-corrected chi connectivity index (χ0v) is 23.1. The zero-order chi connectivity index (χ0) is 27.9. The topological polar surface area (TPSA) is 88.5 Å². The number of carboxylic acids is 1. The van der Waals surface area contributed by atoms with Gasteiger partial charge in [0.1, 0.15) is 10.9 Å². The average Bonchev–Trinajstić information content (AvgIpc) is 3.72. The highest BCUT2D eigenvalue weighted by atomic mass is 35.5. The third-order valence-corrected chi connectivity index (χ3v) is 8.74. The fourth-order valence-electron chi connectivity index (χ4n) is 4.92. The van der Waals surface area contributed by atoms with Crippen LogP contribution < -0.4 is 5.32 Å². The highest BCUT2D eigenvalue weighted by Crippen LogP contribution is 2.49. The van der Waals surface area contributed by atoms with Crippen molar-refractivity contribution in [3.8, 4) is 21.6 Å². The van der Waals surface area contributed by atoms with E-state index in [4.69, 9.17) is 16.3 Å². The van der Waals surface area contributed by atoms with Gasteiger partial charge in [-0.1, -0.05) is 90.5 Å². The van der Waals surface area contributed by atoms with Gasteiger partial charge in [-0.15, -0.1) is 11.3 Å². The number of carbonyl (C=O) groups is 2. The second kappa shape index (κ2) is 10.4. The Morgan fingerprint density at radius 3 is 2.23 bits per heavy atom. The molecule has 1 aliphatic rings. The van der Waals surface area contributed by atoms with Crippen LogP contribution >= 0.6 is 22.9 Å². The lowest BCUT2D eigenvalue weighted by Crippen LogP contribution is -2.19. The van der Waals surface area contributed by atoms with Gasteiger partial charge >= 0.3 is 12.1 Å². The monoisotopic (exact) mass is 568 g/mol. The van der Waals surface area contributed by atoms with Gasteiger partial charge in [0.15, 0.2) is 0 Å². The van der Waals surface area contributed by atoms with Crippen LogP contribution in [0.5, 0.6) is 0 Å². The molecule has 0 radical (unpaired) electrons. The van der Waals surface area contributed by atoms with Gasteiger partial charge in [-0.2, -0.15) is 0 Å². The number of nitrogens with zero attached hydrogens (tertiary/aromatic N) is 1. The third-order valence-electron chi connectivity index (χ3n) is 7.37. The molecule has 1 fully saturated rings. The van der Waals surface area contributed by atoms with Gasteiger partial charge < -0.3 is 9.84 Å². The number of thiophene rings is 1. The number of carbonyl (C=O) groups excluding carboxylic acids is 1. The molecule has 2 aromatic heterocycles. The quantitative estimate of drug-likeness (QED) is 0.205. The summed E-state index contributed by atoms with van der Waals surface area (Å²) >= 11 is 7.72. The van der Waals surface area contributed by atoms with E-state index in [9.17, 15) is 14.7 Å². The van der Waals surface area contributed by atoms with Crippen LogP contribution in [0.1, 0.15) is 37.0 Å². The molecule has 1 saturated carbocycles. The summed E-state index contributed by atoms with van der Waals surface area (Å²) in [5, 5.41) is 13.7. The number of hydrogen-bond donors (Lipinski definition) is 2. The van der Waals surface area contributed by atoms with Gasteiger partial charge in [0.05, 0.1) is 21.0 Å². The molecule has 0 aliphatic heterocycles. The Hall–Kier alpha value is -4.20. The van der Waals surface area contributed by atoms with Crippen molar-refractivity contribution < 1.29 is 19.4 Å². The number of aliphatic carboxylic acids is 1. The third kappa shape index (κ3) is 4.94. The maximum absolute atomic E-state index is 13.0. The van der Waals surface area contributed by atoms with Gasteiger partial charge in [0.2, 0.25) is 0 Å². The van der Waals surface area contributed by atoms with Gasteiger partial charge in [0, 0.05) is 11.6 Å². The minimum atomic E-state index is -0.758. The lowest BCUT2D eigenvalue weighted by molar-refractivity contribution is -0.140. The van der Waals surface area contributed by atoms with Gasteiger partial charge in [-0.3, -0.25) is 10.1 Å². The standard InChI is InChI=1S/C32H25ClN2O4S/c1-19(20-5-3-2-4-6-20)39-31(38)35-27-26-17-25(33)18-34-29(26)40-28(27)23-9-7-21(8-10-23)22-11-13-24(14-12-22)32(15-16-32)30(36)37/h2-14,17-19H,15-16H2,1H3,(H,35,38)(H,36,37)/t19-/m1/s1. The number of benzene rings is 3. The van der Waals surface area contributed by atoms with Crippen LogP contribution in [0.2, 0.25) is 5.02 Å². The Bertz CT molecular complexity index is 1710. The fourth-order valence-corrected chi connectivity index (χ4v) is 6.16. The molecule has 1 amide bonds. The van der Waals surface area contributed by atoms with E-state index in [1.807, 2.05) is 85.8 Å². The van der Waals surface area contributed by atoms with E-state index in [1.54, 1.807) is 12.3 Å². The number of aromatic nitrogens is 1. The van der Waals surface area contributed by atoms with Crippen molar-refractivity contribution in [2.24, 2.45) is 0 Å². The number of amides is 1. The first-order valence-electron chi connectivity index (χ1n) is 12.9. The first kappa shape index (κ1) is 26.0. The van der Waals surface area contributed by atoms with Gasteiger partial charge in [-0.05, 0) is 53.6 Å². The minimum absolute atomic E-state index is 0.424. The molecule has 0 spiro atoms. The van der Waals surface area contributed by atoms with Crippen molar-refractivity contribution >= 4 is 50.9 Å². The molecule has 200 valence electrons. The molecule has 6 rings (SSSR count). The van der Waals surface area contributed by atoms with Crippen molar-refractivity contribution in [1.82, 2.24) is 4.98 Å². The van der Waals surface area contributed by atoms with E-state index in [0.29, 0.717) is 23.6 Å². The van der Waals surface area contributed by atoms with E-state index in [0.717, 1.165) is 42.9 Å². The van der Waals surface area contributed by atoms with Crippen LogP contribution in [-0.4, -0.2) is 22.2 Å². The van der Waals surface area contributed by atoms with E-state index >= 15 is 0 Å². The number of fused-ring (bicyclic) bond motifs is 1. The lowest BCUT2D eigenvalue weighted by atomic mass is 9.93. The maximum Gasteiger partial charge on any atom is 0.412 e. The number of pyridine rings is 1. The molecular weight excluding hydrogens is 544 g/mol.